The molecule has 1 heterocycles. The molecule has 3 amide bonds. The summed E-state index contributed by atoms with van der Waals surface area (Å²) < 4.78 is 0.822. The van der Waals surface area contributed by atoms with Gasteiger partial charge in [-0.3, -0.25) is 34.0 Å². The van der Waals surface area contributed by atoms with Crippen LogP contribution in [0.2, 0.25) is 0 Å². The van der Waals surface area contributed by atoms with Gasteiger partial charge in [0.1, 0.15) is 0 Å². The summed E-state index contributed by atoms with van der Waals surface area (Å²) in [4.78, 5) is 76.2. The van der Waals surface area contributed by atoms with Crippen molar-refractivity contribution in [3.8, 4) is 0 Å². The van der Waals surface area contributed by atoms with E-state index in [1.807, 2.05) is 18.2 Å². The molecule has 1 aromatic heterocycles. The standard InChI is InChI=1S/C28H43N11O5S/c1-15(14-20(40)17(10-11-22(30)41)37-25(44)16(29)6-4-12-35-27(31)32)24(43)38-19(8-5-13-36-28(33)34)23(42)26-39-18-7-2-3-9-21(18)45-26/h2-3,7,9,15-17,19H,4-6,8,10-14,29H2,1H3,(H2,30,41)(H,37,44)(H,38,43)(H4,31,32,35)(H4,33,34,36)/t15-,16+,17+,19+/m1/s1. The molecule has 0 aliphatic carbocycles. The van der Waals surface area contributed by atoms with Gasteiger partial charge in [-0.15, -0.1) is 11.3 Å². The molecule has 246 valence electrons. The highest BCUT2D eigenvalue weighted by atomic mass is 32.1. The normalized spacial score (nSPS) is 13.6. The molecule has 2 aromatic rings. The van der Waals surface area contributed by atoms with Crippen LogP contribution < -0.4 is 45.0 Å². The Hall–Kier alpha value is -4.64. The number of benzene rings is 1. The van der Waals surface area contributed by atoms with Crippen LogP contribution in [0.3, 0.4) is 0 Å². The van der Waals surface area contributed by atoms with Crippen LogP contribution in [0.4, 0.5) is 0 Å². The fraction of sp³-hybridized carbons (Fsp3) is 0.500. The van der Waals surface area contributed by atoms with Crippen molar-refractivity contribution in [3.05, 3.63) is 29.3 Å². The van der Waals surface area contributed by atoms with Crippen LogP contribution in [0.1, 0.15) is 61.7 Å². The molecular weight excluding hydrogens is 602 g/mol. The first-order valence-electron chi connectivity index (χ1n) is 14.5. The predicted molar refractivity (Wildman–Crippen MR) is 173 cm³/mol. The Morgan fingerprint density at radius 3 is 2.04 bits per heavy atom. The molecule has 16 nitrogen and oxygen atoms in total. The van der Waals surface area contributed by atoms with Crippen molar-refractivity contribution >= 4 is 62.8 Å². The zero-order valence-electron chi connectivity index (χ0n) is 25.2. The predicted octanol–water partition coefficient (Wildman–Crippen LogP) is -1.26. The largest absolute Gasteiger partial charge is 0.370 e. The summed E-state index contributed by atoms with van der Waals surface area (Å²) in [5.41, 5.74) is 33.3. The molecule has 17 heteroatoms. The monoisotopic (exact) mass is 645 g/mol. The number of thiazole rings is 1. The number of aromatic nitrogens is 1. The third-order valence-corrected chi connectivity index (χ3v) is 7.78. The molecule has 0 bridgehead atoms. The van der Waals surface area contributed by atoms with Gasteiger partial charge in [0.25, 0.3) is 0 Å². The summed E-state index contributed by atoms with van der Waals surface area (Å²) >= 11 is 1.21. The average molecular weight is 646 g/mol. The SMILES string of the molecule is C[C@H](CC(=O)[C@H](CCC(N)=O)NC(=O)[C@@H](N)CCCN=C(N)N)C(=O)N[C@@H](CCCN=C(N)N)C(=O)c1nc2ccccc2s1. The van der Waals surface area contributed by atoms with Gasteiger partial charge in [-0.05, 0) is 44.2 Å². The van der Waals surface area contributed by atoms with Crippen LogP contribution in [-0.4, -0.2) is 77.4 Å². The average Bonchev–Trinajstić information content (AvgIpc) is 3.42. The lowest BCUT2D eigenvalue weighted by molar-refractivity contribution is -0.132. The van der Waals surface area contributed by atoms with Gasteiger partial charge in [-0.25, -0.2) is 4.98 Å². The molecule has 2 rings (SSSR count). The first-order chi connectivity index (χ1) is 21.3. The number of hydrogen-bond donors (Lipinski definition) is 8. The van der Waals surface area contributed by atoms with Gasteiger partial charge >= 0.3 is 0 Å². The summed E-state index contributed by atoms with van der Waals surface area (Å²) in [6.07, 6.45) is 0.740. The number of rotatable bonds is 20. The van der Waals surface area contributed by atoms with E-state index in [4.69, 9.17) is 34.4 Å². The molecule has 0 radical (unpaired) electrons. The Labute approximate surface area is 264 Å². The fourth-order valence-electron chi connectivity index (χ4n) is 4.28. The Morgan fingerprint density at radius 2 is 1.44 bits per heavy atom. The quantitative estimate of drug-likeness (QED) is 0.0364. The Kier molecular flexibility index (Phi) is 14.8. The Balaban J connectivity index is 2.10. The van der Waals surface area contributed by atoms with Gasteiger partial charge in [0.05, 0.1) is 28.3 Å². The Bertz CT molecular complexity index is 1370. The minimum absolute atomic E-state index is 0.0710. The maximum atomic E-state index is 13.5. The maximum absolute atomic E-state index is 13.5. The number of primary amides is 1. The molecule has 0 saturated carbocycles. The smallest absolute Gasteiger partial charge is 0.237 e. The number of fused-ring (bicyclic) bond motifs is 1. The van der Waals surface area contributed by atoms with Gasteiger partial charge in [0, 0.05) is 31.8 Å². The van der Waals surface area contributed by atoms with E-state index in [9.17, 15) is 24.0 Å². The topological polar surface area (TPSA) is 303 Å². The van der Waals surface area contributed by atoms with Gasteiger partial charge in [-0.2, -0.15) is 0 Å². The zero-order chi connectivity index (χ0) is 33.5. The van der Waals surface area contributed by atoms with Crippen LogP contribution in [0.5, 0.6) is 0 Å². The van der Waals surface area contributed by atoms with Crippen molar-refractivity contribution in [1.29, 1.82) is 0 Å². The number of hydrogen-bond acceptors (Lipinski definition) is 10. The van der Waals surface area contributed by atoms with Crippen LogP contribution in [0.25, 0.3) is 10.2 Å². The highest BCUT2D eigenvalue weighted by Gasteiger charge is 2.30. The lowest BCUT2D eigenvalue weighted by Crippen LogP contribution is -2.49. The van der Waals surface area contributed by atoms with E-state index in [0.29, 0.717) is 18.4 Å². The molecule has 14 N–H and O–H groups in total. The van der Waals surface area contributed by atoms with Crippen molar-refractivity contribution in [2.45, 2.75) is 70.0 Å². The number of aliphatic imine (C=N–C) groups is 2. The second kappa shape index (κ2) is 18.2. The summed E-state index contributed by atoms with van der Waals surface area (Å²) in [6.45, 7) is 2.04. The van der Waals surface area contributed by atoms with E-state index >= 15 is 0 Å². The van der Waals surface area contributed by atoms with Crippen molar-refractivity contribution in [2.24, 2.45) is 50.3 Å². The van der Waals surface area contributed by atoms with Crippen molar-refractivity contribution < 1.29 is 24.0 Å². The molecular formula is C28H43N11O5S. The second-order valence-electron chi connectivity index (χ2n) is 10.6. The van der Waals surface area contributed by atoms with Crippen LogP contribution in [-0.2, 0) is 19.2 Å². The maximum Gasteiger partial charge on any atom is 0.237 e. The minimum Gasteiger partial charge on any atom is -0.370 e. The third kappa shape index (κ3) is 12.9. The number of ketones is 2. The molecule has 4 atom stereocenters. The molecule has 0 aliphatic rings. The van der Waals surface area contributed by atoms with Crippen LogP contribution in [0.15, 0.2) is 34.3 Å². The number of nitrogens with two attached hydrogens (primary N) is 6. The lowest BCUT2D eigenvalue weighted by Gasteiger charge is -2.22. The van der Waals surface area contributed by atoms with E-state index in [0.717, 1.165) is 4.70 Å². The van der Waals surface area contributed by atoms with Gasteiger partial charge in [0.15, 0.2) is 22.7 Å². The Morgan fingerprint density at radius 1 is 0.844 bits per heavy atom. The minimum atomic E-state index is -1.11. The first kappa shape index (κ1) is 36.6. The zero-order valence-corrected chi connectivity index (χ0v) is 26.1. The van der Waals surface area contributed by atoms with E-state index in [1.165, 1.54) is 18.3 Å². The number of Topliss-reactive ketones (excluding diaryl/α,β-unsaturated/α-hetero) is 2. The number of para-hydroxylation sites is 1. The highest BCUT2D eigenvalue weighted by Crippen LogP contribution is 2.23. The second-order valence-corrected chi connectivity index (χ2v) is 11.6. The number of nitrogens with zero attached hydrogens (tertiary/aromatic N) is 3. The number of carbonyl (C=O) groups is 5. The fourth-order valence-corrected chi connectivity index (χ4v) is 5.24. The molecule has 0 saturated heterocycles. The van der Waals surface area contributed by atoms with Gasteiger partial charge in [0.2, 0.25) is 23.5 Å². The summed E-state index contributed by atoms with van der Waals surface area (Å²) in [6, 6.07) is 4.26. The van der Waals surface area contributed by atoms with Gasteiger partial charge < -0.3 is 45.0 Å². The van der Waals surface area contributed by atoms with E-state index in [2.05, 4.69) is 25.6 Å². The molecule has 45 heavy (non-hydrogen) atoms. The van der Waals surface area contributed by atoms with Gasteiger partial charge in [-0.1, -0.05) is 19.1 Å². The lowest BCUT2D eigenvalue weighted by atomic mass is 9.95. The molecule has 0 aliphatic heterocycles. The van der Waals surface area contributed by atoms with Crippen molar-refractivity contribution in [1.82, 2.24) is 15.6 Å². The van der Waals surface area contributed by atoms with Crippen molar-refractivity contribution in [3.63, 3.8) is 0 Å². The number of nitrogens with one attached hydrogen (secondary N) is 2. The van der Waals surface area contributed by atoms with E-state index in [1.54, 1.807) is 6.07 Å². The third-order valence-electron chi connectivity index (χ3n) is 6.73. The molecule has 1 aromatic carbocycles. The number of guanidine groups is 2. The summed E-state index contributed by atoms with van der Waals surface area (Å²) in [5.74, 6) is -3.77. The van der Waals surface area contributed by atoms with E-state index in [-0.39, 0.29) is 67.9 Å². The summed E-state index contributed by atoms with van der Waals surface area (Å²) in [7, 11) is 0. The van der Waals surface area contributed by atoms with Crippen LogP contribution in [0, 0.1) is 5.92 Å². The van der Waals surface area contributed by atoms with Crippen molar-refractivity contribution in [2.75, 3.05) is 13.1 Å². The summed E-state index contributed by atoms with van der Waals surface area (Å²) in [5, 5.41) is 5.55. The first-order valence-corrected chi connectivity index (χ1v) is 15.3. The van der Waals surface area contributed by atoms with E-state index < -0.39 is 47.5 Å². The molecule has 0 unspecified atom stereocenters. The highest BCUT2D eigenvalue weighted by molar-refractivity contribution is 7.20. The number of carbonyl (C=O) groups excluding carboxylic acids is 5. The molecule has 0 spiro atoms. The van der Waals surface area contributed by atoms with Crippen LogP contribution >= 0.6 is 11.3 Å². The molecule has 0 fully saturated rings. The number of amides is 3.